The predicted molar refractivity (Wildman–Crippen MR) is 76.5 cm³/mol. The maximum atomic E-state index is 11.3. The smallest absolute Gasteiger partial charge is 0.308 e. The molecule has 2 fully saturated rings. The Labute approximate surface area is 117 Å². The molecular formula is C14H25BN2O2. The minimum Gasteiger partial charge on any atom is -0.481 e. The number of likely N-dealkylation sites (tertiary alicyclic amines) is 2. The lowest BCUT2D eigenvalue weighted by Crippen LogP contribution is -2.33. The molecule has 0 saturated carbocycles. The fourth-order valence-electron chi connectivity index (χ4n) is 3.38. The van der Waals surface area contributed by atoms with Crippen molar-refractivity contribution in [3.63, 3.8) is 0 Å². The van der Waals surface area contributed by atoms with E-state index in [1.807, 2.05) is 0 Å². The zero-order valence-corrected chi connectivity index (χ0v) is 11.8. The summed E-state index contributed by atoms with van der Waals surface area (Å²) in [6.07, 6.45) is 5.19. The summed E-state index contributed by atoms with van der Waals surface area (Å²) < 4.78 is 0. The molecule has 5 heteroatoms. The van der Waals surface area contributed by atoms with Crippen molar-refractivity contribution in [3.05, 3.63) is 0 Å². The number of carboxylic acid groups (broad SMARTS) is 1. The van der Waals surface area contributed by atoms with E-state index in [9.17, 15) is 9.90 Å². The second kappa shape index (κ2) is 7.29. The molecule has 2 rings (SSSR count). The fourth-order valence-corrected chi connectivity index (χ4v) is 3.38. The molecule has 1 N–H and O–H groups in total. The monoisotopic (exact) mass is 264 g/mol. The van der Waals surface area contributed by atoms with E-state index in [0.29, 0.717) is 12.2 Å². The fraction of sp³-hybridized carbons (Fsp3) is 0.929. The van der Waals surface area contributed by atoms with E-state index in [1.54, 1.807) is 0 Å². The molecule has 0 aromatic carbocycles. The first-order valence-corrected chi connectivity index (χ1v) is 7.58. The second-order valence-corrected chi connectivity index (χ2v) is 5.94. The molecule has 0 aliphatic carbocycles. The van der Waals surface area contributed by atoms with E-state index in [1.165, 1.54) is 25.9 Å². The molecule has 0 spiro atoms. The Kier molecular flexibility index (Phi) is 5.70. The highest BCUT2D eigenvalue weighted by Gasteiger charge is 2.36. The van der Waals surface area contributed by atoms with Gasteiger partial charge in [-0.05, 0) is 38.3 Å². The number of hydrogen-bond acceptors (Lipinski definition) is 3. The molecule has 4 nitrogen and oxygen atoms in total. The number of hydrogen-bond donors (Lipinski definition) is 1. The van der Waals surface area contributed by atoms with E-state index >= 15 is 0 Å². The zero-order chi connectivity index (χ0) is 13.7. The predicted octanol–water partition coefficient (Wildman–Crippen LogP) is 1.08. The Morgan fingerprint density at radius 1 is 1.16 bits per heavy atom. The first-order chi connectivity index (χ1) is 9.20. The van der Waals surface area contributed by atoms with Crippen LogP contribution >= 0.6 is 0 Å². The lowest BCUT2D eigenvalue weighted by Gasteiger charge is -2.20. The quantitative estimate of drug-likeness (QED) is 0.699. The Morgan fingerprint density at radius 3 is 2.47 bits per heavy atom. The molecule has 0 amide bonds. The van der Waals surface area contributed by atoms with Gasteiger partial charge in [0, 0.05) is 26.2 Å². The lowest BCUT2D eigenvalue weighted by molar-refractivity contribution is -0.142. The van der Waals surface area contributed by atoms with Crippen LogP contribution in [-0.2, 0) is 4.79 Å². The normalized spacial score (nSPS) is 29.1. The van der Waals surface area contributed by atoms with Gasteiger partial charge in [-0.2, -0.15) is 0 Å². The lowest BCUT2D eigenvalue weighted by atomic mass is 9.88. The molecule has 2 saturated heterocycles. The summed E-state index contributed by atoms with van der Waals surface area (Å²) in [6, 6.07) is 0. The van der Waals surface area contributed by atoms with Crippen LogP contribution in [0.15, 0.2) is 0 Å². The summed E-state index contributed by atoms with van der Waals surface area (Å²) in [6.45, 7) is 6.20. The summed E-state index contributed by atoms with van der Waals surface area (Å²) >= 11 is 0. The molecule has 19 heavy (non-hydrogen) atoms. The van der Waals surface area contributed by atoms with Gasteiger partial charge in [0.05, 0.1) is 13.8 Å². The summed E-state index contributed by atoms with van der Waals surface area (Å²) in [5.41, 5.74) is 0. The molecule has 2 atom stereocenters. The number of aliphatic carboxylic acids is 1. The Balaban J connectivity index is 1.77. The van der Waals surface area contributed by atoms with Gasteiger partial charge in [0.2, 0.25) is 0 Å². The highest BCUT2D eigenvalue weighted by Crippen LogP contribution is 2.28. The Morgan fingerprint density at radius 2 is 1.84 bits per heavy atom. The van der Waals surface area contributed by atoms with Crippen molar-refractivity contribution >= 4 is 13.8 Å². The van der Waals surface area contributed by atoms with E-state index in [-0.39, 0.29) is 5.92 Å². The number of rotatable bonds is 7. The average molecular weight is 264 g/mol. The molecule has 2 radical (unpaired) electrons. The van der Waals surface area contributed by atoms with Crippen LogP contribution in [0.25, 0.3) is 0 Å². The van der Waals surface area contributed by atoms with Crippen LogP contribution in [0.2, 0.25) is 6.32 Å². The summed E-state index contributed by atoms with van der Waals surface area (Å²) in [5, 5.41) is 9.31. The first-order valence-electron chi connectivity index (χ1n) is 7.58. The van der Waals surface area contributed by atoms with Gasteiger partial charge < -0.3 is 14.9 Å². The molecule has 0 bridgehead atoms. The third kappa shape index (κ3) is 4.21. The van der Waals surface area contributed by atoms with Crippen LogP contribution < -0.4 is 0 Å². The van der Waals surface area contributed by atoms with Crippen LogP contribution in [-0.4, -0.2) is 68.0 Å². The average Bonchev–Trinajstić information content (AvgIpc) is 3.03. The Hall–Kier alpha value is -0.545. The van der Waals surface area contributed by atoms with Crippen molar-refractivity contribution < 1.29 is 9.90 Å². The molecule has 0 aromatic rings. The van der Waals surface area contributed by atoms with Gasteiger partial charge in [0.25, 0.3) is 0 Å². The van der Waals surface area contributed by atoms with Crippen molar-refractivity contribution in [2.75, 3.05) is 39.3 Å². The van der Waals surface area contributed by atoms with Gasteiger partial charge in [-0.3, -0.25) is 4.79 Å². The van der Waals surface area contributed by atoms with E-state index < -0.39 is 5.97 Å². The molecule has 2 heterocycles. The maximum Gasteiger partial charge on any atom is 0.308 e. The minimum absolute atomic E-state index is 0.190. The number of nitrogens with zero attached hydrogens (tertiary/aromatic N) is 2. The number of carboxylic acids is 1. The second-order valence-electron chi connectivity index (χ2n) is 5.94. The van der Waals surface area contributed by atoms with E-state index in [0.717, 1.165) is 39.0 Å². The third-order valence-corrected chi connectivity index (χ3v) is 4.54. The standard InChI is InChI=1S/C14H25BN2O2/c15-5-3-4-12-10-17(11-13(12)14(18)19)9-8-16-6-1-2-7-16/h12-13H,1-11H2,(H,18,19). The topological polar surface area (TPSA) is 43.8 Å². The SMILES string of the molecule is [B]CCCC1CN(CCN2CCCC2)CC1C(=O)O. The van der Waals surface area contributed by atoms with Crippen molar-refractivity contribution in [3.8, 4) is 0 Å². The van der Waals surface area contributed by atoms with Gasteiger partial charge in [-0.15, -0.1) is 0 Å². The molecule has 0 aromatic heterocycles. The van der Waals surface area contributed by atoms with Gasteiger partial charge in [0.15, 0.2) is 0 Å². The summed E-state index contributed by atoms with van der Waals surface area (Å²) in [5.74, 6) is -0.532. The van der Waals surface area contributed by atoms with Crippen LogP contribution in [0.4, 0.5) is 0 Å². The minimum atomic E-state index is -0.634. The highest BCUT2D eigenvalue weighted by atomic mass is 16.4. The van der Waals surface area contributed by atoms with E-state index in [4.69, 9.17) is 7.85 Å². The van der Waals surface area contributed by atoms with Crippen molar-refractivity contribution in [2.24, 2.45) is 11.8 Å². The van der Waals surface area contributed by atoms with Gasteiger partial charge in [-0.1, -0.05) is 12.7 Å². The number of carbonyl (C=O) groups is 1. The van der Waals surface area contributed by atoms with Crippen molar-refractivity contribution in [2.45, 2.75) is 32.0 Å². The molecular weight excluding hydrogens is 239 g/mol. The third-order valence-electron chi connectivity index (χ3n) is 4.54. The van der Waals surface area contributed by atoms with Crippen molar-refractivity contribution in [1.82, 2.24) is 9.80 Å². The van der Waals surface area contributed by atoms with Gasteiger partial charge in [0.1, 0.15) is 0 Å². The van der Waals surface area contributed by atoms with Crippen molar-refractivity contribution in [1.29, 1.82) is 0 Å². The van der Waals surface area contributed by atoms with Crippen LogP contribution in [0.1, 0.15) is 25.7 Å². The highest BCUT2D eigenvalue weighted by molar-refractivity contribution is 6.08. The van der Waals surface area contributed by atoms with Gasteiger partial charge >= 0.3 is 5.97 Å². The molecule has 106 valence electrons. The zero-order valence-electron chi connectivity index (χ0n) is 11.8. The van der Waals surface area contributed by atoms with Gasteiger partial charge in [-0.25, -0.2) is 0 Å². The molecule has 2 aliphatic rings. The maximum absolute atomic E-state index is 11.3. The van der Waals surface area contributed by atoms with Crippen LogP contribution in [0.3, 0.4) is 0 Å². The van der Waals surface area contributed by atoms with E-state index in [2.05, 4.69) is 9.80 Å². The molecule has 2 aliphatic heterocycles. The largest absolute Gasteiger partial charge is 0.481 e. The van der Waals surface area contributed by atoms with Crippen LogP contribution in [0, 0.1) is 11.8 Å². The first kappa shape index (κ1) is 14.9. The Bertz CT molecular complexity index is 295. The summed E-state index contributed by atoms with van der Waals surface area (Å²) in [7, 11) is 5.54. The molecule has 2 unspecified atom stereocenters. The van der Waals surface area contributed by atoms with Crippen LogP contribution in [0.5, 0.6) is 0 Å². The summed E-state index contributed by atoms with van der Waals surface area (Å²) in [4.78, 5) is 16.1.